The van der Waals surface area contributed by atoms with E-state index in [-0.39, 0.29) is 0 Å². The lowest BCUT2D eigenvalue weighted by atomic mass is 10.1. The molecule has 88 valence electrons. The number of anilines is 1. The average molecular weight is 286 g/mol. The van der Waals surface area contributed by atoms with E-state index < -0.39 is 0 Å². The number of halogens is 1. The van der Waals surface area contributed by atoms with E-state index in [1.165, 1.54) is 0 Å². The Labute approximate surface area is 104 Å². The molecule has 4 nitrogen and oxygen atoms in total. The minimum atomic E-state index is 0.352. The molecule has 16 heavy (non-hydrogen) atoms. The lowest BCUT2D eigenvalue weighted by molar-refractivity contribution is 0.193. The van der Waals surface area contributed by atoms with Gasteiger partial charge >= 0.3 is 0 Å². The first-order valence-electron chi connectivity index (χ1n) is 5.58. The highest BCUT2D eigenvalue weighted by Crippen LogP contribution is 2.28. The summed E-state index contributed by atoms with van der Waals surface area (Å²) in [5, 5.41) is 3.10. The van der Waals surface area contributed by atoms with Crippen LogP contribution in [0.25, 0.3) is 0 Å². The van der Waals surface area contributed by atoms with Crippen LogP contribution in [0.4, 0.5) is 5.82 Å². The standard InChI is InChI=1S/C11H16BrN3O/c1-3-8-9(12)11(13-2)15-10(14-8)7-4-5-16-6-7/h7H,3-6H2,1-2H3,(H,13,14,15). The second kappa shape index (κ2) is 5.10. The van der Waals surface area contributed by atoms with Crippen molar-refractivity contribution in [1.82, 2.24) is 9.97 Å². The van der Waals surface area contributed by atoms with Gasteiger partial charge in [0.05, 0.1) is 16.8 Å². The third-order valence-electron chi connectivity index (χ3n) is 2.80. The third-order valence-corrected chi connectivity index (χ3v) is 3.64. The molecule has 1 fully saturated rings. The molecular weight excluding hydrogens is 270 g/mol. The summed E-state index contributed by atoms with van der Waals surface area (Å²) in [6, 6.07) is 0. The number of rotatable bonds is 3. The van der Waals surface area contributed by atoms with Crippen molar-refractivity contribution in [1.29, 1.82) is 0 Å². The normalized spacial score (nSPS) is 20.1. The molecule has 0 radical (unpaired) electrons. The zero-order valence-corrected chi connectivity index (χ0v) is 11.2. The van der Waals surface area contributed by atoms with Gasteiger partial charge < -0.3 is 10.1 Å². The van der Waals surface area contributed by atoms with Crippen molar-refractivity contribution in [3.8, 4) is 0 Å². The number of hydrogen-bond acceptors (Lipinski definition) is 4. The van der Waals surface area contributed by atoms with Crippen molar-refractivity contribution in [3.63, 3.8) is 0 Å². The Morgan fingerprint density at radius 3 is 2.88 bits per heavy atom. The number of ether oxygens (including phenoxy) is 1. The average Bonchev–Trinajstić information content (AvgIpc) is 2.83. The van der Waals surface area contributed by atoms with E-state index in [4.69, 9.17) is 4.74 Å². The van der Waals surface area contributed by atoms with Crippen molar-refractivity contribution in [2.45, 2.75) is 25.7 Å². The molecular formula is C11H16BrN3O. The number of nitrogens with one attached hydrogen (secondary N) is 1. The van der Waals surface area contributed by atoms with Gasteiger partial charge in [0, 0.05) is 19.6 Å². The molecule has 1 atom stereocenters. The summed E-state index contributed by atoms with van der Waals surface area (Å²) in [6.45, 7) is 3.66. The Bertz CT molecular complexity index is 352. The Hall–Kier alpha value is -0.680. The van der Waals surface area contributed by atoms with Crippen LogP contribution in [-0.4, -0.2) is 30.2 Å². The predicted octanol–water partition coefficient (Wildman–Crippen LogP) is 2.35. The van der Waals surface area contributed by atoms with E-state index in [0.717, 1.165) is 47.9 Å². The number of aromatic nitrogens is 2. The van der Waals surface area contributed by atoms with E-state index in [1.54, 1.807) is 0 Å². The molecule has 0 bridgehead atoms. The SMILES string of the molecule is CCc1nc(C2CCOC2)nc(NC)c1Br. The predicted molar refractivity (Wildman–Crippen MR) is 66.8 cm³/mol. The first kappa shape index (κ1) is 11.8. The molecule has 0 spiro atoms. The number of aryl methyl sites for hydroxylation is 1. The topological polar surface area (TPSA) is 47.0 Å². The molecule has 0 saturated carbocycles. The fraction of sp³-hybridized carbons (Fsp3) is 0.636. The molecule has 2 rings (SSSR count). The molecule has 0 aromatic carbocycles. The monoisotopic (exact) mass is 285 g/mol. The highest BCUT2D eigenvalue weighted by molar-refractivity contribution is 9.10. The van der Waals surface area contributed by atoms with E-state index in [9.17, 15) is 0 Å². The van der Waals surface area contributed by atoms with Crippen LogP contribution in [0.2, 0.25) is 0 Å². The quantitative estimate of drug-likeness (QED) is 0.926. The fourth-order valence-corrected chi connectivity index (χ4v) is 2.49. The maximum Gasteiger partial charge on any atom is 0.144 e. The summed E-state index contributed by atoms with van der Waals surface area (Å²) < 4.78 is 6.35. The Morgan fingerprint density at radius 1 is 1.50 bits per heavy atom. The Balaban J connectivity index is 2.37. The molecule has 1 aliphatic rings. The van der Waals surface area contributed by atoms with Gasteiger partial charge in [-0.3, -0.25) is 0 Å². The zero-order valence-electron chi connectivity index (χ0n) is 9.59. The lowest BCUT2D eigenvalue weighted by Crippen LogP contribution is -2.09. The molecule has 1 aromatic rings. The van der Waals surface area contributed by atoms with Crippen LogP contribution in [0.5, 0.6) is 0 Å². The fourth-order valence-electron chi connectivity index (χ4n) is 1.83. The van der Waals surface area contributed by atoms with E-state index in [1.807, 2.05) is 7.05 Å². The molecule has 1 unspecified atom stereocenters. The van der Waals surface area contributed by atoms with E-state index in [0.29, 0.717) is 5.92 Å². The summed E-state index contributed by atoms with van der Waals surface area (Å²) >= 11 is 3.53. The highest BCUT2D eigenvalue weighted by Gasteiger charge is 2.22. The zero-order chi connectivity index (χ0) is 11.5. The minimum absolute atomic E-state index is 0.352. The summed E-state index contributed by atoms with van der Waals surface area (Å²) in [7, 11) is 1.88. The van der Waals surface area contributed by atoms with Gasteiger partial charge in [0.1, 0.15) is 11.6 Å². The summed E-state index contributed by atoms with van der Waals surface area (Å²) in [5.41, 5.74) is 1.06. The van der Waals surface area contributed by atoms with Crippen LogP contribution in [-0.2, 0) is 11.2 Å². The Morgan fingerprint density at radius 2 is 2.31 bits per heavy atom. The van der Waals surface area contributed by atoms with Crippen LogP contribution in [0, 0.1) is 0 Å². The van der Waals surface area contributed by atoms with Crippen molar-refractivity contribution in [3.05, 3.63) is 16.0 Å². The van der Waals surface area contributed by atoms with Gasteiger partial charge in [-0.1, -0.05) is 6.92 Å². The van der Waals surface area contributed by atoms with Crippen molar-refractivity contribution in [2.75, 3.05) is 25.6 Å². The van der Waals surface area contributed by atoms with Gasteiger partial charge in [-0.05, 0) is 28.8 Å². The smallest absolute Gasteiger partial charge is 0.144 e. The maximum atomic E-state index is 5.38. The minimum Gasteiger partial charge on any atom is -0.381 e. The van der Waals surface area contributed by atoms with Crippen LogP contribution in [0.3, 0.4) is 0 Å². The third kappa shape index (κ3) is 2.20. The highest BCUT2D eigenvalue weighted by atomic mass is 79.9. The summed E-state index contributed by atoms with van der Waals surface area (Å²) in [6.07, 6.45) is 1.92. The molecule has 1 aliphatic heterocycles. The van der Waals surface area contributed by atoms with Gasteiger partial charge in [-0.25, -0.2) is 9.97 Å². The van der Waals surface area contributed by atoms with E-state index >= 15 is 0 Å². The van der Waals surface area contributed by atoms with Crippen molar-refractivity contribution >= 4 is 21.7 Å². The first-order valence-corrected chi connectivity index (χ1v) is 6.37. The number of hydrogen-bond donors (Lipinski definition) is 1. The van der Waals surface area contributed by atoms with Crippen LogP contribution >= 0.6 is 15.9 Å². The van der Waals surface area contributed by atoms with Crippen molar-refractivity contribution in [2.24, 2.45) is 0 Å². The second-order valence-electron chi connectivity index (χ2n) is 3.86. The van der Waals surface area contributed by atoms with Crippen LogP contribution in [0.15, 0.2) is 4.47 Å². The molecule has 1 aromatic heterocycles. The van der Waals surface area contributed by atoms with Gasteiger partial charge in [-0.2, -0.15) is 0 Å². The van der Waals surface area contributed by atoms with Gasteiger partial charge in [-0.15, -0.1) is 0 Å². The van der Waals surface area contributed by atoms with Gasteiger partial charge in [0.15, 0.2) is 0 Å². The largest absolute Gasteiger partial charge is 0.381 e. The summed E-state index contributed by atoms with van der Waals surface area (Å²) in [4.78, 5) is 9.14. The lowest BCUT2D eigenvalue weighted by Gasteiger charge is -2.12. The molecule has 0 amide bonds. The van der Waals surface area contributed by atoms with E-state index in [2.05, 4.69) is 38.1 Å². The summed E-state index contributed by atoms with van der Waals surface area (Å²) in [5.74, 6) is 2.13. The second-order valence-corrected chi connectivity index (χ2v) is 4.65. The molecule has 1 N–H and O–H groups in total. The first-order chi connectivity index (χ1) is 7.76. The Kier molecular flexibility index (Phi) is 3.76. The van der Waals surface area contributed by atoms with Gasteiger partial charge in [0.25, 0.3) is 0 Å². The molecule has 0 aliphatic carbocycles. The maximum absolute atomic E-state index is 5.38. The van der Waals surface area contributed by atoms with Crippen LogP contribution in [0.1, 0.15) is 30.8 Å². The van der Waals surface area contributed by atoms with Crippen molar-refractivity contribution < 1.29 is 4.74 Å². The molecule has 2 heterocycles. The van der Waals surface area contributed by atoms with Gasteiger partial charge in [0.2, 0.25) is 0 Å². The molecule has 5 heteroatoms. The molecule has 1 saturated heterocycles. The van der Waals surface area contributed by atoms with Crippen LogP contribution < -0.4 is 5.32 Å². The number of nitrogens with zero attached hydrogens (tertiary/aromatic N) is 2.